The molecular formula is C20H30N6O. The molecule has 1 N–H and O–H groups in total. The van der Waals surface area contributed by atoms with Crippen molar-refractivity contribution in [3.63, 3.8) is 0 Å². The van der Waals surface area contributed by atoms with Crippen LogP contribution in [0.25, 0.3) is 0 Å². The van der Waals surface area contributed by atoms with Crippen LogP contribution in [0.1, 0.15) is 54.5 Å². The van der Waals surface area contributed by atoms with Crippen LogP contribution in [0.2, 0.25) is 0 Å². The first-order chi connectivity index (χ1) is 13.0. The molecule has 2 aliphatic heterocycles. The first-order valence-electron chi connectivity index (χ1n) is 10.0. The number of rotatable bonds is 3. The molecule has 4 rings (SSSR count). The summed E-state index contributed by atoms with van der Waals surface area (Å²) in [4.78, 5) is 25.3. The topological polar surface area (TPSA) is 70.1 Å². The third-order valence-electron chi connectivity index (χ3n) is 6.59. The smallest absolute Gasteiger partial charge is 0.223 e. The Bertz CT molecular complexity index is 843. The van der Waals surface area contributed by atoms with Gasteiger partial charge in [-0.25, -0.2) is 4.98 Å². The molecule has 1 fully saturated rings. The number of hydrogen-bond donors (Lipinski definition) is 1. The minimum absolute atomic E-state index is 0.240. The fraction of sp³-hybridized carbons (Fsp3) is 0.650. The van der Waals surface area contributed by atoms with Crippen molar-refractivity contribution in [2.75, 3.05) is 19.6 Å². The second-order valence-corrected chi connectivity index (χ2v) is 7.96. The van der Waals surface area contributed by atoms with Crippen LogP contribution >= 0.6 is 0 Å². The van der Waals surface area contributed by atoms with Crippen LogP contribution in [0.15, 0.2) is 6.33 Å². The molecule has 2 aliphatic rings. The van der Waals surface area contributed by atoms with E-state index in [-0.39, 0.29) is 11.4 Å². The van der Waals surface area contributed by atoms with Crippen molar-refractivity contribution in [1.29, 1.82) is 0 Å². The highest BCUT2D eigenvalue weighted by Gasteiger charge is 2.48. The first kappa shape index (κ1) is 18.2. The molecule has 146 valence electrons. The maximum absolute atomic E-state index is 12.7. The molecule has 0 atom stereocenters. The van der Waals surface area contributed by atoms with Gasteiger partial charge >= 0.3 is 0 Å². The van der Waals surface area contributed by atoms with E-state index in [2.05, 4.69) is 38.7 Å². The summed E-state index contributed by atoms with van der Waals surface area (Å²) in [6.45, 7) is 9.84. The largest absolute Gasteiger partial charge is 0.348 e. The molecule has 0 saturated carbocycles. The summed E-state index contributed by atoms with van der Waals surface area (Å²) in [5.41, 5.74) is 5.76. The average Bonchev–Trinajstić information content (AvgIpc) is 3.24. The van der Waals surface area contributed by atoms with Crippen molar-refractivity contribution >= 4 is 5.91 Å². The van der Waals surface area contributed by atoms with E-state index in [0.717, 1.165) is 56.8 Å². The van der Waals surface area contributed by atoms with Crippen LogP contribution in [0.4, 0.5) is 0 Å². The zero-order chi connectivity index (χ0) is 19.2. The second-order valence-electron chi connectivity index (χ2n) is 7.96. The lowest BCUT2D eigenvalue weighted by atomic mass is 9.78. The number of nitrogens with zero attached hydrogens (tertiary/aromatic N) is 5. The van der Waals surface area contributed by atoms with Gasteiger partial charge in [0.2, 0.25) is 5.91 Å². The normalized spacial score (nSPS) is 19.5. The predicted octanol–water partition coefficient (Wildman–Crippen LogP) is 2.05. The Kier molecular flexibility index (Phi) is 4.58. The Balaban J connectivity index is 1.56. The number of piperidine rings is 1. The highest BCUT2D eigenvalue weighted by atomic mass is 16.2. The van der Waals surface area contributed by atoms with Crippen molar-refractivity contribution in [1.82, 2.24) is 29.5 Å². The summed E-state index contributed by atoms with van der Waals surface area (Å²) in [7, 11) is 2.01. The molecule has 7 nitrogen and oxygen atoms in total. The Morgan fingerprint density at radius 1 is 1.26 bits per heavy atom. The van der Waals surface area contributed by atoms with Crippen LogP contribution in [0.3, 0.4) is 0 Å². The molecule has 1 amide bonds. The summed E-state index contributed by atoms with van der Waals surface area (Å²) >= 11 is 0. The van der Waals surface area contributed by atoms with Gasteiger partial charge < -0.3 is 9.88 Å². The van der Waals surface area contributed by atoms with E-state index >= 15 is 0 Å². The van der Waals surface area contributed by atoms with Crippen LogP contribution < -0.4 is 0 Å². The standard InChI is InChI=1S/C20H30N6O/c1-5-18(27)26-9-6-17-19(22-13-21-17)20(26)7-10-25(11-8-20)12-16-14(2)23-24(4)15(16)3/h13H,5-12H2,1-4H3,(H,21,22). The lowest BCUT2D eigenvalue weighted by molar-refractivity contribution is -0.141. The summed E-state index contributed by atoms with van der Waals surface area (Å²) < 4.78 is 1.97. The van der Waals surface area contributed by atoms with Gasteiger partial charge in [-0.05, 0) is 26.7 Å². The molecule has 1 spiro atoms. The molecule has 2 aromatic rings. The number of hydrogen-bond acceptors (Lipinski definition) is 4. The van der Waals surface area contributed by atoms with E-state index in [4.69, 9.17) is 0 Å². The fourth-order valence-electron chi connectivity index (χ4n) is 4.89. The highest BCUT2D eigenvalue weighted by molar-refractivity contribution is 5.77. The Hall–Kier alpha value is -2.15. The predicted molar refractivity (Wildman–Crippen MR) is 103 cm³/mol. The van der Waals surface area contributed by atoms with Crippen LogP contribution in [0, 0.1) is 13.8 Å². The van der Waals surface area contributed by atoms with Crippen molar-refractivity contribution in [2.45, 2.75) is 58.5 Å². The zero-order valence-electron chi connectivity index (χ0n) is 16.9. The van der Waals surface area contributed by atoms with Gasteiger partial charge in [-0.1, -0.05) is 6.92 Å². The van der Waals surface area contributed by atoms with Gasteiger partial charge in [0.15, 0.2) is 0 Å². The lowest BCUT2D eigenvalue weighted by Crippen LogP contribution is -2.58. The summed E-state index contributed by atoms with van der Waals surface area (Å²) in [6.07, 6.45) is 5.10. The van der Waals surface area contributed by atoms with Crippen molar-refractivity contribution in [2.24, 2.45) is 7.05 Å². The third-order valence-corrected chi connectivity index (χ3v) is 6.59. The number of fused-ring (bicyclic) bond motifs is 2. The van der Waals surface area contributed by atoms with Crippen molar-refractivity contribution in [3.8, 4) is 0 Å². The molecule has 2 aromatic heterocycles. The van der Waals surface area contributed by atoms with E-state index in [1.807, 2.05) is 18.7 Å². The third kappa shape index (κ3) is 2.88. The van der Waals surface area contributed by atoms with E-state index in [0.29, 0.717) is 6.42 Å². The second kappa shape index (κ2) is 6.78. The number of H-pyrrole nitrogens is 1. The number of amides is 1. The quantitative estimate of drug-likeness (QED) is 0.898. The zero-order valence-corrected chi connectivity index (χ0v) is 16.9. The monoisotopic (exact) mass is 370 g/mol. The Labute approximate surface area is 160 Å². The first-order valence-corrected chi connectivity index (χ1v) is 10.0. The highest BCUT2D eigenvalue weighted by Crippen LogP contribution is 2.42. The molecule has 0 unspecified atom stereocenters. The van der Waals surface area contributed by atoms with Crippen LogP contribution in [-0.4, -0.2) is 55.1 Å². The van der Waals surface area contributed by atoms with Gasteiger partial charge in [0.25, 0.3) is 0 Å². The van der Waals surface area contributed by atoms with Gasteiger partial charge in [-0.2, -0.15) is 5.10 Å². The molecule has 27 heavy (non-hydrogen) atoms. The molecular weight excluding hydrogens is 340 g/mol. The molecule has 0 radical (unpaired) electrons. The lowest BCUT2D eigenvalue weighted by Gasteiger charge is -2.50. The molecule has 0 aliphatic carbocycles. The molecule has 0 aromatic carbocycles. The van der Waals surface area contributed by atoms with E-state index in [1.165, 1.54) is 17.0 Å². The van der Waals surface area contributed by atoms with Gasteiger partial charge in [-0.15, -0.1) is 0 Å². The minimum atomic E-state index is -0.240. The molecule has 4 heterocycles. The van der Waals surface area contributed by atoms with Gasteiger partial charge in [0.1, 0.15) is 0 Å². The van der Waals surface area contributed by atoms with Crippen LogP contribution in [0.5, 0.6) is 0 Å². The number of aromatic nitrogens is 4. The summed E-state index contributed by atoms with van der Waals surface area (Å²) in [6, 6.07) is 0. The van der Waals surface area contributed by atoms with Gasteiger partial charge in [0, 0.05) is 63.0 Å². The van der Waals surface area contributed by atoms with E-state index in [1.54, 1.807) is 6.33 Å². The minimum Gasteiger partial charge on any atom is -0.348 e. The number of nitrogens with one attached hydrogen (secondary N) is 1. The van der Waals surface area contributed by atoms with Crippen LogP contribution in [-0.2, 0) is 30.3 Å². The summed E-state index contributed by atoms with van der Waals surface area (Å²) in [5.74, 6) is 0.246. The Morgan fingerprint density at radius 2 is 2.00 bits per heavy atom. The Morgan fingerprint density at radius 3 is 2.63 bits per heavy atom. The van der Waals surface area contributed by atoms with E-state index in [9.17, 15) is 4.79 Å². The fourth-order valence-corrected chi connectivity index (χ4v) is 4.89. The number of aromatic amines is 1. The molecule has 0 bridgehead atoms. The number of aryl methyl sites for hydroxylation is 2. The number of carbonyl (C=O) groups excluding carboxylic acids is 1. The maximum Gasteiger partial charge on any atom is 0.223 e. The van der Waals surface area contributed by atoms with Crippen molar-refractivity contribution < 1.29 is 4.79 Å². The van der Waals surface area contributed by atoms with Gasteiger partial charge in [-0.3, -0.25) is 14.4 Å². The summed E-state index contributed by atoms with van der Waals surface area (Å²) in [5, 5.41) is 4.55. The van der Waals surface area contributed by atoms with Gasteiger partial charge in [0.05, 0.1) is 23.3 Å². The number of carbonyl (C=O) groups is 1. The number of likely N-dealkylation sites (tertiary alicyclic amines) is 1. The maximum atomic E-state index is 12.7. The van der Waals surface area contributed by atoms with Crippen molar-refractivity contribution in [3.05, 3.63) is 34.7 Å². The van der Waals surface area contributed by atoms with E-state index < -0.39 is 0 Å². The molecule has 7 heteroatoms. The number of imidazole rings is 1. The average molecular weight is 371 g/mol. The SMILES string of the molecule is CCC(=O)N1CCc2[nH]cnc2C12CCN(Cc1c(C)nn(C)c1C)CC2. The molecule has 1 saturated heterocycles.